The number of sulfonamides is 1. The Balaban J connectivity index is 1.53. The average molecular weight is 415 g/mol. The third kappa shape index (κ3) is 4.83. The zero-order chi connectivity index (χ0) is 20.9. The molecule has 3 aromatic rings. The lowest BCUT2D eigenvalue weighted by Crippen LogP contribution is -2.30. The fourth-order valence-electron chi connectivity index (χ4n) is 3.17. The van der Waals surface area contributed by atoms with E-state index in [2.05, 4.69) is 15.3 Å². The molecule has 1 aromatic heterocycles. The second-order valence-corrected chi connectivity index (χ2v) is 8.61. The van der Waals surface area contributed by atoms with Gasteiger partial charge < -0.3 is 10.3 Å². The minimum Gasteiger partial charge on any atom is -0.352 e. The van der Waals surface area contributed by atoms with E-state index in [1.807, 2.05) is 24.3 Å². The Labute approximate surface area is 171 Å². The number of aromatic amines is 1. The lowest BCUT2D eigenvalue weighted by Gasteiger charge is -2.18. The van der Waals surface area contributed by atoms with Gasteiger partial charge in [-0.25, -0.2) is 13.4 Å². The molecule has 0 bridgehead atoms. The normalized spacial score (nSPS) is 11.8. The lowest BCUT2D eigenvalue weighted by molar-refractivity contribution is 0.0953. The third-order valence-electron chi connectivity index (χ3n) is 4.77. The minimum atomic E-state index is -3.52. The number of carbonyl (C=O) groups excluding carboxylic acids is 1. The maximum atomic E-state index is 12.5. The SMILES string of the molecule is CCN(CC)S(=O)(=O)c1ccc(C(=O)NCCCc2nc3ccccc3[nH]2)cc1. The Morgan fingerprint density at radius 1 is 1.07 bits per heavy atom. The number of para-hydroxylation sites is 2. The Morgan fingerprint density at radius 2 is 1.76 bits per heavy atom. The summed E-state index contributed by atoms with van der Waals surface area (Å²) in [6, 6.07) is 13.9. The van der Waals surface area contributed by atoms with Crippen LogP contribution in [0.1, 0.15) is 36.5 Å². The monoisotopic (exact) mass is 414 g/mol. The molecule has 0 unspecified atom stereocenters. The van der Waals surface area contributed by atoms with E-state index >= 15 is 0 Å². The number of hydrogen-bond donors (Lipinski definition) is 2. The summed E-state index contributed by atoms with van der Waals surface area (Å²) in [6.07, 6.45) is 1.48. The molecule has 0 saturated carbocycles. The number of fused-ring (bicyclic) bond motifs is 1. The Bertz CT molecular complexity index is 1040. The highest BCUT2D eigenvalue weighted by Gasteiger charge is 2.21. The van der Waals surface area contributed by atoms with Crippen LogP contribution in [0.25, 0.3) is 11.0 Å². The molecular weight excluding hydrogens is 388 g/mol. The zero-order valence-electron chi connectivity index (χ0n) is 16.7. The van der Waals surface area contributed by atoms with Gasteiger partial charge >= 0.3 is 0 Å². The Kier molecular flexibility index (Phi) is 6.66. The van der Waals surface area contributed by atoms with Crippen LogP contribution in [-0.2, 0) is 16.4 Å². The fraction of sp³-hybridized carbons (Fsp3) is 0.333. The molecule has 0 fully saturated rings. The molecule has 0 aliphatic rings. The third-order valence-corrected chi connectivity index (χ3v) is 6.84. The minimum absolute atomic E-state index is 0.197. The first kappa shape index (κ1) is 21.0. The second-order valence-electron chi connectivity index (χ2n) is 6.67. The summed E-state index contributed by atoms with van der Waals surface area (Å²) in [5, 5.41) is 2.87. The van der Waals surface area contributed by atoms with Gasteiger partial charge in [-0.3, -0.25) is 4.79 Å². The standard InChI is InChI=1S/C21H26N4O3S/c1-3-25(4-2)29(27,28)17-13-11-16(12-14-17)21(26)22-15-7-10-20-23-18-8-5-6-9-19(18)24-20/h5-6,8-9,11-14H,3-4,7,10,15H2,1-2H3,(H,22,26)(H,23,24). The van der Waals surface area contributed by atoms with E-state index in [0.717, 1.165) is 29.7 Å². The molecule has 0 radical (unpaired) electrons. The summed E-state index contributed by atoms with van der Waals surface area (Å²) in [6.45, 7) is 4.93. The summed E-state index contributed by atoms with van der Waals surface area (Å²) in [4.78, 5) is 20.3. The van der Waals surface area contributed by atoms with Crippen LogP contribution >= 0.6 is 0 Å². The fourth-order valence-corrected chi connectivity index (χ4v) is 4.63. The molecule has 1 heterocycles. The predicted octanol–water partition coefficient (Wildman–Crippen LogP) is 2.96. The van der Waals surface area contributed by atoms with Gasteiger partial charge in [0.05, 0.1) is 15.9 Å². The summed E-state index contributed by atoms with van der Waals surface area (Å²) in [5.41, 5.74) is 2.38. The molecule has 7 nitrogen and oxygen atoms in total. The number of nitrogens with zero attached hydrogens (tertiary/aromatic N) is 2. The molecule has 0 saturated heterocycles. The van der Waals surface area contributed by atoms with Gasteiger partial charge in [0.15, 0.2) is 0 Å². The van der Waals surface area contributed by atoms with Crippen molar-refractivity contribution in [3.05, 3.63) is 59.9 Å². The van der Waals surface area contributed by atoms with Crippen LogP contribution in [0, 0.1) is 0 Å². The highest BCUT2D eigenvalue weighted by Crippen LogP contribution is 2.16. The van der Waals surface area contributed by atoms with Gasteiger partial charge in [-0.2, -0.15) is 4.31 Å². The number of aromatic nitrogens is 2. The number of carbonyl (C=O) groups is 1. The van der Waals surface area contributed by atoms with Gasteiger partial charge in [0.25, 0.3) is 5.91 Å². The van der Waals surface area contributed by atoms with E-state index in [4.69, 9.17) is 0 Å². The Morgan fingerprint density at radius 3 is 2.41 bits per heavy atom. The summed E-state index contributed by atoms with van der Waals surface area (Å²) < 4.78 is 26.4. The topological polar surface area (TPSA) is 95.2 Å². The number of nitrogens with one attached hydrogen (secondary N) is 2. The van der Waals surface area contributed by atoms with Crippen molar-refractivity contribution in [2.45, 2.75) is 31.6 Å². The van der Waals surface area contributed by atoms with Crippen molar-refractivity contribution in [2.24, 2.45) is 0 Å². The molecule has 8 heteroatoms. The largest absolute Gasteiger partial charge is 0.352 e. The maximum Gasteiger partial charge on any atom is 0.251 e. The van der Waals surface area contributed by atoms with Gasteiger partial charge in [0.2, 0.25) is 10.0 Å². The number of amides is 1. The summed E-state index contributed by atoms with van der Waals surface area (Å²) in [7, 11) is -3.52. The first-order valence-electron chi connectivity index (χ1n) is 9.77. The van der Waals surface area contributed by atoms with Gasteiger partial charge in [-0.15, -0.1) is 0 Å². The van der Waals surface area contributed by atoms with Crippen molar-refractivity contribution in [3.8, 4) is 0 Å². The van der Waals surface area contributed by atoms with E-state index in [1.165, 1.54) is 16.4 Å². The van der Waals surface area contributed by atoms with Crippen molar-refractivity contribution in [1.82, 2.24) is 19.6 Å². The van der Waals surface area contributed by atoms with Crippen LogP contribution in [0.3, 0.4) is 0 Å². The van der Waals surface area contributed by atoms with Crippen molar-refractivity contribution in [1.29, 1.82) is 0 Å². The molecular formula is C21H26N4O3S. The number of hydrogen-bond acceptors (Lipinski definition) is 4. The van der Waals surface area contributed by atoms with Crippen LogP contribution < -0.4 is 5.32 Å². The molecule has 3 rings (SSSR count). The van der Waals surface area contributed by atoms with Crippen molar-refractivity contribution >= 4 is 27.0 Å². The van der Waals surface area contributed by atoms with Crippen LogP contribution in [0.15, 0.2) is 53.4 Å². The van der Waals surface area contributed by atoms with Gasteiger partial charge in [0, 0.05) is 31.6 Å². The van der Waals surface area contributed by atoms with Crippen LogP contribution in [0.4, 0.5) is 0 Å². The first-order valence-corrected chi connectivity index (χ1v) is 11.2. The maximum absolute atomic E-state index is 12.5. The quantitative estimate of drug-likeness (QED) is 0.526. The molecule has 1 amide bonds. The first-order chi connectivity index (χ1) is 14.0. The number of rotatable bonds is 9. The zero-order valence-corrected chi connectivity index (χ0v) is 17.5. The van der Waals surface area contributed by atoms with Crippen molar-refractivity contribution in [2.75, 3.05) is 19.6 Å². The predicted molar refractivity (Wildman–Crippen MR) is 113 cm³/mol. The van der Waals surface area contributed by atoms with Gasteiger partial charge in [-0.1, -0.05) is 26.0 Å². The van der Waals surface area contributed by atoms with Gasteiger partial charge in [-0.05, 0) is 42.8 Å². The van der Waals surface area contributed by atoms with E-state index in [9.17, 15) is 13.2 Å². The van der Waals surface area contributed by atoms with E-state index in [1.54, 1.807) is 26.0 Å². The number of aryl methyl sites for hydroxylation is 1. The second kappa shape index (κ2) is 9.19. The van der Waals surface area contributed by atoms with E-state index in [0.29, 0.717) is 25.2 Å². The van der Waals surface area contributed by atoms with E-state index < -0.39 is 10.0 Å². The van der Waals surface area contributed by atoms with Crippen LogP contribution in [-0.4, -0.2) is 48.2 Å². The number of imidazole rings is 1. The highest BCUT2D eigenvalue weighted by molar-refractivity contribution is 7.89. The molecule has 154 valence electrons. The van der Waals surface area contributed by atoms with Gasteiger partial charge in [0.1, 0.15) is 5.82 Å². The van der Waals surface area contributed by atoms with Crippen LogP contribution in [0.2, 0.25) is 0 Å². The molecule has 2 aromatic carbocycles. The number of H-pyrrole nitrogens is 1. The molecule has 2 N–H and O–H groups in total. The van der Waals surface area contributed by atoms with E-state index in [-0.39, 0.29) is 10.8 Å². The lowest BCUT2D eigenvalue weighted by atomic mass is 10.2. The summed E-state index contributed by atoms with van der Waals surface area (Å²) in [5.74, 6) is 0.674. The molecule has 0 spiro atoms. The van der Waals surface area contributed by atoms with Crippen molar-refractivity contribution < 1.29 is 13.2 Å². The molecule has 0 atom stereocenters. The smallest absolute Gasteiger partial charge is 0.251 e. The van der Waals surface area contributed by atoms with Crippen molar-refractivity contribution in [3.63, 3.8) is 0 Å². The molecule has 0 aliphatic heterocycles. The van der Waals surface area contributed by atoms with Crippen LogP contribution in [0.5, 0.6) is 0 Å². The number of benzene rings is 2. The molecule has 29 heavy (non-hydrogen) atoms. The Hall–Kier alpha value is -2.71. The summed E-state index contributed by atoms with van der Waals surface area (Å²) >= 11 is 0. The highest BCUT2D eigenvalue weighted by atomic mass is 32.2. The molecule has 0 aliphatic carbocycles. The average Bonchev–Trinajstić information content (AvgIpc) is 3.14.